The average molecular weight is 687 g/mol. The second-order valence-electron chi connectivity index (χ2n) is 18.0. The molecule has 8 atom stereocenters. The first-order valence-electron chi connectivity index (χ1n) is 18.6. The molecular weight excluding hydrogens is 608 g/mol. The van der Waals surface area contributed by atoms with Crippen molar-refractivity contribution in [3.8, 4) is 0 Å². The van der Waals surface area contributed by atoms with E-state index in [0.717, 1.165) is 43.3 Å². The number of ether oxygens (including phenoxy) is 1. The Kier molecular flexibility index (Phi) is 15.9. The third kappa shape index (κ3) is 10.2. The molecule has 0 spiro atoms. The highest BCUT2D eigenvalue weighted by molar-refractivity contribution is 5.83. The summed E-state index contributed by atoms with van der Waals surface area (Å²) in [6, 6.07) is 0. The number of carbonyl (C=O) groups excluding carboxylic acids is 1. The number of rotatable bonds is 7. The van der Waals surface area contributed by atoms with Crippen LogP contribution in [0.15, 0.2) is 47.6 Å². The molecule has 0 aromatic carbocycles. The molecule has 3 N–H and O–H groups in total. The van der Waals surface area contributed by atoms with Gasteiger partial charge in [0.15, 0.2) is 0 Å². The quantitative estimate of drug-likeness (QED) is 0.141. The highest BCUT2D eigenvalue weighted by Gasteiger charge is 2.58. The van der Waals surface area contributed by atoms with E-state index in [0.29, 0.717) is 29.3 Å². The third-order valence-electron chi connectivity index (χ3n) is 13.3. The van der Waals surface area contributed by atoms with Crippen LogP contribution >= 0.6 is 0 Å². The van der Waals surface area contributed by atoms with Crippen molar-refractivity contribution in [3.05, 3.63) is 47.6 Å². The van der Waals surface area contributed by atoms with Gasteiger partial charge in [-0.25, -0.2) is 4.79 Å². The van der Waals surface area contributed by atoms with Crippen LogP contribution in [-0.2, 0) is 9.53 Å². The molecule has 0 aromatic heterocycles. The van der Waals surface area contributed by atoms with E-state index in [9.17, 15) is 15.0 Å². The van der Waals surface area contributed by atoms with Gasteiger partial charge in [0, 0.05) is 17.9 Å². The minimum absolute atomic E-state index is 0. The van der Waals surface area contributed by atoms with Gasteiger partial charge in [-0.1, -0.05) is 105 Å². The van der Waals surface area contributed by atoms with E-state index >= 15 is 0 Å². The molecule has 0 amide bonds. The van der Waals surface area contributed by atoms with Gasteiger partial charge in [-0.2, -0.15) is 0 Å². The molecule has 284 valence electrons. The van der Waals surface area contributed by atoms with E-state index in [-0.39, 0.29) is 50.1 Å². The zero-order chi connectivity index (χ0) is 35.5. The van der Waals surface area contributed by atoms with E-state index in [2.05, 4.69) is 59.8 Å². The summed E-state index contributed by atoms with van der Waals surface area (Å²) in [5, 5.41) is 31.2. The number of fused-ring (bicyclic) bond motifs is 2. The second-order valence-corrected chi connectivity index (χ2v) is 18.0. The van der Waals surface area contributed by atoms with Gasteiger partial charge in [-0.3, -0.25) is 0 Å². The van der Waals surface area contributed by atoms with Crippen molar-refractivity contribution in [2.24, 2.45) is 45.3 Å². The van der Waals surface area contributed by atoms with Gasteiger partial charge in [0.1, 0.15) is 0 Å². The molecule has 49 heavy (non-hydrogen) atoms. The summed E-state index contributed by atoms with van der Waals surface area (Å²) in [5.74, 6) is 1.27. The number of hydrogen-bond acceptors (Lipinski definition) is 5. The zero-order valence-corrected chi connectivity index (χ0v) is 31.9. The van der Waals surface area contributed by atoms with Crippen molar-refractivity contribution in [2.45, 2.75) is 166 Å². The third-order valence-corrected chi connectivity index (χ3v) is 13.3. The maximum Gasteiger partial charge on any atom is 0.330 e. The summed E-state index contributed by atoms with van der Waals surface area (Å²) in [5.41, 5.74) is 1.57. The number of carbonyl (C=O) groups is 1. The van der Waals surface area contributed by atoms with Crippen LogP contribution in [-0.4, -0.2) is 45.7 Å². The maximum atomic E-state index is 11.6. The highest BCUT2D eigenvalue weighted by Crippen LogP contribution is 2.63. The standard InChI is InChI=1S/C22H36O3.C20H34O2.2CH4/c1-7-25-19(23)15-16(2)9-10-18-21(5)13-8-12-20(3,4)17(21)11-14-22(18,6)24;1-15(10-14-21)7-8-17-19(4)12-6-11-18(2,3)16(19)9-13-20(17,5)22;;/h9-10,15,17-18,24H,7-8,11-14H2,1-6H3;7-8,10,16-17,21-22H,6,9,11-14H2,1-5H3;2*1H4/b10-9+,16-15+;8-7+,15-10+;;/t17-,18+,21-,22-;16-,17+,19-,20-;;/m00../s1. The highest BCUT2D eigenvalue weighted by atomic mass is 16.5. The van der Waals surface area contributed by atoms with E-state index in [1.807, 2.05) is 46.8 Å². The zero-order valence-electron chi connectivity index (χ0n) is 31.9. The molecule has 4 aliphatic rings. The van der Waals surface area contributed by atoms with Crippen molar-refractivity contribution in [1.82, 2.24) is 0 Å². The van der Waals surface area contributed by atoms with Crippen LogP contribution in [0.5, 0.6) is 0 Å². The topological polar surface area (TPSA) is 87.0 Å². The molecule has 0 unspecified atom stereocenters. The Labute approximate surface area is 302 Å². The summed E-state index contributed by atoms with van der Waals surface area (Å²) < 4.78 is 4.98. The molecule has 0 aliphatic heterocycles. The lowest BCUT2D eigenvalue weighted by Gasteiger charge is -2.60. The summed E-state index contributed by atoms with van der Waals surface area (Å²) >= 11 is 0. The normalized spacial score (nSPS) is 38.7. The fourth-order valence-electron chi connectivity index (χ4n) is 11.1. The van der Waals surface area contributed by atoms with Gasteiger partial charge in [-0.15, -0.1) is 0 Å². The first-order valence-corrected chi connectivity index (χ1v) is 18.6. The molecule has 0 bridgehead atoms. The van der Waals surface area contributed by atoms with Crippen molar-refractivity contribution >= 4 is 5.97 Å². The number of aliphatic hydroxyl groups excluding tert-OH is 1. The lowest BCUT2D eigenvalue weighted by atomic mass is 9.45. The molecule has 0 saturated heterocycles. The van der Waals surface area contributed by atoms with E-state index in [1.165, 1.54) is 38.2 Å². The van der Waals surface area contributed by atoms with Gasteiger partial charge in [0.05, 0.1) is 24.4 Å². The van der Waals surface area contributed by atoms with Gasteiger partial charge in [-0.05, 0) is 125 Å². The summed E-state index contributed by atoms with van der Waals surface area (Å²) in [6.45, 7) is 24.5. The Bertz CT molecular complexity index is 1200. The van der Waals surface area contributed by atoms with Crippen LogP contribution in [0.4, 0.5) is 0 Å². The minimum Gasteiger partial charge on any atom is -0.463 e. The Morgan fingerprint density at radius 3 is 1.49 bits per heavy atom. The molecule has 4 aliphatic carbocycles. The summed E-state index contributed by atoms with van der Waals surface area (Å²) in [4.78, 5) is 11.6. The largest absolute Gasteiger partial charge is 0.463 e. The van der Waals surface area contributed by atoms with Crippen molar-refractivity contribution < 1.29 is 24.9 Å². The molecule has 0 heterocycles. The molecule has 4 saturated carbocycles. The van der Waals surface area contributed by atoms with Gasteiger partial charge in [0.25, 0.3) is 0 Å². The SMILES string of the molecule is C.C.CC(/C=C/[C@@H]1[C@@]2(C)CCCC(C)(C)[C@@H]2CC[C@]1(C)O)=C\CO.CCOC(=O)/C=C(C)/C=C/[C@@H]1[C@@]2(C)CCCC(C)(C)[C@@H]2CC[C@]1(C)O. The van der Waals surface area contributed by atoms with E-state index < -0.39 is 11.2 Å². The Balaban J connectivity index is 0.000000474. The lowest BCUT2D eigenvalue weighted by molar-refractivity contribution is -0.149. The predicted molar refractivity (Wildman–Crippen MR) is 208 cm³/mol. The smallest absolute Gasteiger partial charge is 0.330 e. The van der Waals surface area contributed by atoms with Gasteiger partial charge < -0.3 is 20.1 Å². The van der Waals surface area contributed by atoms with E-state index in [1.54, 1.807) is 0 Å². The molecule has 0 radical (unpaired) electrons. The van der Waals surface area contributed by atoms with Crippen LogP contribution < -0.4 is 0 Å². The average Bonchev–Trinajstić information content (AvgIpc) is 2.91. The fraction of sp³-hybridized carbons (Fsp3) is 0.795. The molecule has 4 rings (SSSR count). The first kappa shape index (κ1) is 45.3. The molecule has 5 nitrogen and oxygen atoms in total. The van der Waals surface area contributed by atoms with Gasteiger partial charge >= 0.3 is 5.97 Å². The number of hydrogen-bond donors (Lipinski definition) is 3. The van der Waals surface area contributed by atoms with Crippen molar-refractivity contribution in [3.63, 3.8) is 0 Å². The molecule has 4 fully saturated rings. The van der Waals surface area contributed by atoms with Crippen molar-refractivity contribution in [2.75, 3.05) is 13.2 Å². The molecule has 0 aromatic rings. The van der Waals surface area contributed by atoms with Crippen LogP contribution in [0.3, 0.4) is 0 Å². The molecular formula is C44H78O5. The van der Waals surface area contributed by atoms with Crippen LogP contribution in [0, 0.1) is 45.3 Å². The number of esters is 1. The Morgan fingerprint density at radius 2 is 1.10 bits per heavy atom. The first-order chi connectivity index (χ1) is 21.7. The fourth-order valence-corrected chi connectivity index (χ4v) is 11.1. The summed E-state index contributed by atoms with van der Waals surface area (Å²) in [6.07, 6.45) is 23.2. The lowest BCUT2D eigenvalue weighted by Crippen LogP contribution is -2.56. The Hall–Kier alpha value is -1.69. The minimum atomic E-state index is -0.695. The second kappa shape index (κ2) is 17.2. The number of allylic oxidation sites excluding steroid dienone is 4. The maximum absolute atomic E-state index is 11.6. The Morgan fingerprint density at radius 1 is 0.694 bits per heavy atom. The van der Waals surface area contributed by atoms with Crippen LogP contribution in [0.25, 0.3) is 0 Å². The predicted octanol–water partition coefficient (Wildman–Crippen LogP) is 10.8. The molecule has 5 heteroatoms. The number of aliphatic hydroxyl groups is 3. The van der Waals surface area contributed by atoms with Crippen LogP contribution in [0.1, 0.15) is 155 Å². The summed E-state index contributed by atoms with van der Waals surface area (Å²) in [7, 11) is 0. The van der Waals surface area contributed by atoms with Gasteiger partial charge in [0.2, 0.25) is 0 Å². The van der Waals surface area contributed by atoms with Crippen LogP contribution in [0.2, 0.25) is 0 Å². The van der Waals surface area contributed by atoms with Crippen molar-refractivity contribution in [1.29, 1.82) is 0 Å². The monoisotopic (exact) mass is 687 g/mol. The van der Waals surface area contributed by atoms with E-state index in [4.69, 9.17) is 9.84 Å².